The highest BCUT2D eigenvalue weighted by molar-refractivity contribution is 5.35. The van der Waals surface area contributed by atoms with Crippen molar-refractivity contribution in [3.05, 3.63) is 53.6 Å². The third kappa shape index (κ3) is 3.14. The monoisotopic (exact) mass is 272 g/mol. The van der Waals surface area contributed by atoms with Crippen molar-refractivity contribution < 1.29 is 9.13 Å². The lowest BCUT2D eigenvalue weighted by Crippen LogP contribution is -2.15. The van der Waals surface area contributed by atoms with Crippen LogP contribution < -0.4 is 10.1 Å². The largest absolute Gasteiger partial charge is 0.453 e. The summed E-state index contributed by atoms with van der Waals surface area (Å²) >= 11 is 0. The van der Waals surface area contributed by atoms with Gasteiger partial charge in [-0.3, -0.25) is 4.98 Å². The van der Waals surface area contributed by atoms with Gasteiger partial charge in [-0.1, -0.05) is 12.1 Å². The fourth-order valence-electron chi connectivity index (χ4n) is 1.99. The van der Waals surface area contributed by atoms with Gasteiger partial charge in [0.15, 0.2) is 11.6 Å². The third-order valence-electron chi connectivity index (χ3n) is 3.33. The molecule has 0 unspecified atom stereocenters. The average Bonchev–Trinajstić information content (AvgIpc) is 3.26. The lowest BCUT2D eigenvalue weighted by Gasteiger charge is -2.09. The van der Waals surface area contributed by atoms with Crippen LogP contribution in [0.1, 0.15) is 24.0 Å². The zero-order valence-corrected chi connectivity index (χ0v) is 11.4. The van der Waals surface area contributed by atoms with Crippen LogP contribution in [0.3, 0.4) is 0 Å². The number of hydrogen-bond donors (Lipinski definition) is 1. The lowest BCUT2D eigenvalue weighted by molar-refractivity contribution is 0.437. The van der Waals surface area contributed by atoms with Crippen LogP contribution in [0, 0.1) is 12.7 Å². The Kier molecular flexibility index (Phi) is 3.65. The van der Waals surface area contributed by atoms with E-state index in [4.69, 9.17) is 4.74 Å². The van der Waals surface area contributed by atoms with Crippen molar-refractivity contribution in [2.24, 2.45) is 0 Å². The molecular formula is C16H17FN2O. The molecule has 0 atom stereocenters. The van der Waals surface area contributed by atoms with Crippen LogP contribution >= 0.6 is 0 Å². The maximum atomic E-state index is 13.9. The molecule has 0 radical (unpaired) electrons. The summed E-state index contributed by atoms with van der Waals surface area (Å²) in [6, 6.07) is 7.66. The molecule has 0 amide bonds. The summed E-state index contributed by atoms with van der Waals surface area (Å²) in [6.45, 7) is 2.49. The summed E-state index contributed by atoms with van der Waals surface area (Å²) < 4.78 is 19.5. The van der Waals surface area contributed by atoms with Gasteiger partial charge in [-0.2, -0.15) is 0 Å². The summed E-state index contributed by atoms with van der Waals surface area (Å²) in [4.78, 5) is 4.14. The SMILES string of the molecule is Cc1cccc(Oc2cncc(CNC3CC3)c2)c1F. The van der Waals surface area contributed by atoms with Gasteiger partial charge in [0.1, 0.15) is 5.75 Å². The Balaban J connectivity index is 1.72. The van der Waals surface area contributed by atoms with Crippen molar-refractivity contribution >= 4 is 0 Å². The van der Waals surface area contributed by atoms with Crippen molar-refractivity contribution in [2.75, 3.05) is 0 Å². The number of benzene rings is 1. The van der Waals surface area contributed by atoms with Crippen LogP contribution in [0.25, 0.3) is 0 Å². The van der Waals surface area contributed by atoms with E-state index in [1.807, 2.05) is 6.07 Å². The maximum absolute atomic E-state index is 13.9. The van der Waals surface area contributed by atoms with Crippen LogP contribution in [-0.2, 0) is 6.54 Å². The zero-order chi connectivity index (χ0) is 13.9. The number of pyridine rings is 1. The zero-order valence-electron chi connectivity index (χ0n) is 11.4. The highest BCUT2D eigenvalue weighted by atomic mass is 19.1. The molecule has 1 aromatic heterocycles. The predicted molar refractivity (Wildman–Crippen MR) is 75.3 cm³/mol. The van der Waals surface area contributed by atoms with Crippen LogP contribution in [0.2, 0.25) is 0 Å². The van der Waals surface area contributed by atoms with E-state index in [9.17, 15) is 4.39 Å². The first-order valence-electron chi connectivity index (χ1n) is 6.82. The van der Waals surface area contributed by atoms with Crippen molar-refractivity contribution in [1.82, 2.24) is 10.3 Å². The molecule has 1 aliphatic carbocycles. The molecule has 1 saturated carbocycles. The Bertz CT molecular complexity index is 611. The smallest absolute Gasteiger partial charge is 0.168 e. The summed E-state index contributed by atoms with van der Waals surface area (Å²) in [7, 11) is 0. The van der Waals surface area contributed by atoms with E-state index < -0.39 is 0 Å². The van der Waals surface area contributed by atoms with E-state index in [1.165, 1.54) is 12.8 Å². The molecule has 1 aromatic carbocycles. The Morgan fingerprint density at radius 3 is 3.00 bits per heavy atom. The van der Waals surface area contributed by atoms with E-state index >= 15 is 0 Å². The van der Waals surface area contributed by atoms with Crippen molar-refractivity contribution in [1.29, 1.82) is 0 Å². The highest BCUT2D eigenvalue weighted by Gasteiger charge is 2.20. The summed E-state index contributed by atoms with van der Waals surface area (Å²) in [5.74, 6) is 0.470. The molecule has 1 heterocycles. The molecule has 0 aliphatic heterocycles. The molecule has 20 heavy (non-hydrogen) atoms. The minimum Gasteiger partial charge on any atom is -0.453 e. The molecule has 4 heteroatoms. The Morgan fingerprint density at radius 1 is 1.35 bits per heavy atom. The van der Waals surface area contributed by atoms with Crippen molar-refractivity contribution in [3.63, 3.8) is 0 Å². The average molecular weight is 272 g/mol. The van der Waals surface area contributed by atoms with E-state index in [0.717, 1.165) is 12.1 Å². The predicted octanol–water partition coefficient (Wildman–Crippen LogP) is 3.57. The van der Waals surface area contributed by atoms with Gasteiger partial charge in [0.05, 0.1) is 6.20 Å². The number of nitrogens with zero attached hydrogens (tertiary/aromatic N) is 1. The maximum Gasteiger partial charge on any atom is 0.168 e. The molecule has 1 aliphatic rings. The Hall–Kier alpha value is -1.94. The lowest BCUT2D eigenvalue weighted by atomic mass is 10.2. The standard InChI is InChI=1S/C16H17FN2O/c1-11-3-2-4-15(16(11)17)20-14-7-12(8-18-10-14)9-19-13-5-6-13/h2-4,7-8,10,13,19H,5-6,9H2,1H3. The quantitative estimate of drug-likeness (QED) is 0.903. The summed E-state index contributed by atoms with van der Waals surface area (Å²) in [5, 5.41) is 3.41. The number of aryl methyl sites for hydroxylation is 1. The molecule has 0 saturated heterocycles. The van der Waals surface area contributed by atoms with Crippen LogP contribution in [0.5, 0.6) is 11.5 Å². The van der Waals surface area contributed by atoms with Gasteiger partial charge in [-0.25, -0.2) is 4.39 Å². The molecule has 3 nitrogen and oxygen atoms in total. The van der Waals surface area contributed by atoms with Crippen molar-refractivity contribution in [3.8, 4) is 11.5 Å². The second-order valence-electron chi connectivity index (χ2n) is 5.17. The first kappa shape index (κ1) is 13.1. The Labute approximate surface area is 117 Å². The van der Waals surface area contributed by atoms with Gasteiger partial charge in [-0.15, -0.1) is 0 Å². The first-order chi connectivity index (χ1) is 9.72. The van der Waals surface area contributed by atoms with Gasteiger partial charge in [0.25, 0.3) is 0 Å². The normalized spacial score (nSPS) is 14.3. The third-order valence-corrected chi connectivity index (χ3v) is 3.33. The molecule has 2 aromatic rings. The molecular weight excluding hydrogens is 255 g/mol. The second-order valence-corrected chi connectivity index (χ2v) is 5.17. The molecule has 104 valence electrons. The molecule has 1 N–H and O–H groups in total. The summed E-state index contributed by atoms with van der Waals surface area (Å²) in [5.41, 5.74) is 1.62. The number of ether oxygens (including phenoxy) is 1. The minimum atomic E-state index is -0.325. The molecule has 0 bridgehead atoms. The number of halogens is 1. The van der Waals surface area contributed by atoms with Gasteiger partial charge in [0, 0.05) is 18.8 Å². The highest BCUT2D eigenvalue weighted by Crippen LogP contribution is 2.26. The van der Waals surface area contributed by atoms with Crippen LogP contribution in [0.15, 0.2) is 36.7 Å². The van der Waals surface area contributed by atoms with Crippen LogP contribution in [0.4, 0.5) is 4.39 Å². The van der Waals surface area contributed by atoms with E-state index in [1.54, 1.807) is 37.5 Å². The first-order valence-corrected chi connectivity index (χ1v) is 6.82. The van der Waals surface area contributed by atoms with Gasteiger partial charge < -0.3 is 10.1 Å². The molecule has 0 spiro atoms. The number of aromatic nitrogens is 1. The van der Waals surface area contributed by atoms with E-state index in [0.29, 0.717) is 17.4 Å². The number of hydrogen-bond acceptors (Lipinski definition) is 3. The van der Waals surface area contributed by atoms with E-state index in [2.05, 4.69) is 10.3 Å². The topological polar surface area (TPSA) is 34.1 Å². The summed E-state index contributed by atoms with van der Waals surface area (Å²) in [6.07, 6.45) is 5.90. The molecule has 3 rings (SSSR count). The molecule has 1 fully saturated rings. The van der Waals surface area contributed by atoms with Crippen molar-refractivity contribution in [2.45, 2.75) is 32.4 Å². The van der Waals surface area contributed by atoms with Gasteiger partial charge >= 0.3 is 0 Å². The van der Waals surface area contributed by atoms with Crippen LogP contribution in [-0.4, -0.2) is 11.0 Å². The van der Waals surface area contributed by atoms with E-state index in [-0.39, 0.29) is 11.6 Å². The Morgan fingerprint density at radius 2 is 2.20 bits per heavy atom. The van der Waals surface area contributed by atoms with Gasteiger partial charge in [-0.05, 0) is 43.0 Å². The fraction of sp³-hybridized carbons (Fsp3) is 0.312. The fourth-order valence-corrected chi connectivity index (χ4v) is 1.99. The number of rotatable bonds is 5. The number of nitrogens with one attached hydrogen (secondary N) is 1. The minimum absolute atomic E-state index is 0.235. The second kappa shape index (κ2) is 5.59. The van der Waals surface area contributed by atoms with Gasteiger partial charge in [0.2, 0.25) is 0 Å².